The molecule has 0 aliphatic carbocycles. The van der Waals surface area contributed by atoms with Crippen LogP contribution in [0.2, 0.25) is 5.02 Å². The number of aromatic nitrogens is 4. The molecule has 1 amide bonds. The van der Waals surface area contributed by atoms with E-state index in [1.165, 1.54) is 12.1 Å². The number of benzene rings is 1. The van der Waals surface area contributed by atoms with Crippen LogP contribution in [0.4, 0.5) is 4.39 Å². The fraction of sp³-hybridized carbons (Fsp3) is 0.250. The third kappa shape index (κ3) is 1.92. The Balaban J connectivity index is 1.78. The average molecular weight is 375 g/mol. The second kappa shape index (κ2) is 5.36. The monoisotopic (exact) mass is 374 g/mol. The fourth-order valence-electron chi connectivity index (χ4n) is 3.47. The molecular weight excluding hydrogens is 363 g/mol. The molecule has 2 aromatic heterocycles. The van der Waals surface area contributed by atoms with Gasteiger partial charge in [-0.25, -0.2) is 9.37 Å². The van der Waals surface area contributed by atoms with Crippen LogP contribution in [0.15, 0.2) is 23.0 Å². The zero-order chi connectivity index (χ0) is 18.0. The summed E-state index contributed by atoms with van der Waals surface area (Å²) in [5, 5.41) is 3.61. The molecular formula is C16H12ClFN6O2. The number of carbonyl (C=O) groups is 1. The molecule has 0 spiro atoms. The number of rotatable bonds is 2. The van der Waals surface area contributed by atoms with Crippen molar-refractivity contribution in [2.75, 3.05) is 6.54 Å². The van der Waals surface area contributed by atoms with Crippen LogP contribution in [0, 0.1) is 5.82 Å². The first-order valence-electron chi connectivity index (χ1n) is 7.99. The fourth-order valence-corrected chi connectivity index (χ4v) is 3.71. The minimum atomic E-state index is -0.635. The number of hydrogen-bond donors (Lipinski definition) is 1. The van der Waals surface area contributed by atoms with E-state index < -0.39 is 5.82 Å². The molecule has 132 valence electrons. The van der Waals surface area contributed by atoms with Crippen molar-refractivity contribution in [3.63, 3.8) is 0 Å². The number of carbonyl (C=O) groups excluding carboxylic acids is 1. The van der Waals surface area contributed by atoms with Gasteiger partial charge in [0.15, 0.2) is 11.5 Å². The van der Waals surface area contributed by atoms with E-state index in [1.54, 1.807) is 15.8 Å². The highest BCUT2D eigenvalue weighted by molar-refractivity contribution is 6.34. The van der Waals surface area contributed by atoms with Crippen molar-refractivity contribution >= 4 is 17.5 Å². The van der Waals surface area contributed by atoms with E-state index in [0.29, 0.717) is 23.8 Å². The van der Waals surface area contributed by atoms with Gasteiger partial charge in [0.2, 0.25) is 0 Å². The van der Waals surface area contributed by atoms with Crippen LogP contribution in [-0.4, -0.2) is 37.0 Å². The topological polar surface area (TPSA) is 103 Å². The Labute approximate surface area is 151 Å². The predicted molar refractivity (Wildman–Crippen MR) is 88.1 cm³/mol. The summed E-state index contributed by atoms with van der Waals surface area (Å²) in [4.78, 5) is 23.2. The summed E-state index contributed by atoms with van der Waals surface area (Å²) in [7, 11) is 0. The molecule has 0 saturated carbocycles. The lowest BCUT2D eigenvalue weighted by Gasteiger charge is -2.39. The Kier molecular flexibility index (Phi) is 3.19. The third-order valence-corrected chi connectivity index (χ3v) is 5.17. The summed E-state index contributed by atoms with van der Waals surface area (Å²) in [6, 6.07) is 2.54. The maximum Gasteiger partial charge on any atom is 0.278 e. The lowest BCUT2D eigenvalue weighted by Crippen LogP contribution is -2.44. The van der Waals surface area contributed by atoms with Crippen molar-refractivity contribution < 1.29 is 13.7 Å². The van der Waals surface area contributed by atoms with Crippen molar-refractivity contribution in [2.24, 2.45) is 5.73 Å². The minimum absolute atomic E-state index is 0.132. The van der Waals surface area contributed by atoms with Gasteiger partial charge < -0.3 is 15.2 Å². The van der Waals surface area contributed by atoms with Gasteiger partial charge in [-0.15, -0.1) is 0 Å². The van der Waals surface area contributed by atoms with E-state index in [1.807, 2.05) is 0 Å². The van der Waals surface area contributed by atoms with Gasteiger partial charge in [0, 0.05) is 6.54 Å². The van der Waals surface area contributed by atoms with Gasteiger partial charge >= 0.3 is 0 Å². The summed E-state index contributed by atoms with van der Waals surface area (Å²) in [5.74, 6) is -0.342. The number of halogens is 2. The lowest BCUT2D eigenvalue weighted by molar-refractivity contribution is 0.0461. The average Bonchev–Trinajstić information content (AvgIpc) is 3.21. The second-order valence-electron chi connectivity index (χ2n) is 6.13. The molecule has 0 bridgehead atoms. The zero-order valence-corrected chi connectivity index (χ0v) is 14.1. The smallest absolute Gasteiger partial charge is 0.278 e. The first-order chi connectivity index (χ1) is 12.6. The molecule has 1 fully saturated rings. The summed E-state index contributed by atoms with van der Waals surface area (Å²) in [6.45, 7) is 0.698. The molecule has 2 N–H and O–H groups in total. The molecule has 26 heavy (non-hydrogen) atoms. The summed E-state index contributed by atoms with van der Waals surface area (Å²) in [5.41, 5.74) is 7.36. The molecule has 5 rings (SSSR count). The van der Waals surface area contributed by atoms with E-state index in [0.717, 1.165) is 12.1 Å². The lowest BCUT2D eigenvalue weighted by atomic mass is 9.97. The second-order valence-corrected chi connectivity index (χ2v) is 6.50. The van der Waals surface area contributed by atoms with E-state index >= 15 is 0 Å². The van der Waals surface area contributed by atoms with Gasteiger partial charge in [-0.2, -0.15) is 4.98 Å². The molecule has 0 unspecified atom stereocenters. The van der Waals surface area contributed by atoms with Crippen molar-refractivity contribution in [2.45, 2.75) is 19.0 Å². The van der Waals surface area contributed by atoms with Crippen LogP contribution in [0.1, 0.15) is 34.3 Å². The van der Waals surface area contributed by atoms with Crippen molar-refractivity contribution in [1.82, 2.24) is 24.6 Å². The predicted octanol–water partition coefficient (Wildman–Crippen LogP) is 2.07. The molecule has 8 nitrogen and oxygen atoms in total. The van der Waals surface area contributed by atoms with Crippen LogP contribution in [0.3, 0.4) is 0 Å². The van der Waals surface area contributed by atoms with E-state index in [2.05, 4.69) is 15.1 Å². The number of nitrogens with zero attached hydrogens (tertiary/aromatic N) is 5. The van der Waals surface area contributed by atoms with Crippen LogP contribution in [-0.2, 0) is 6.54 Å². The Morgan fingerprint density at radius 1 is 1.42 bits per heavy atom. The first-order valence-corrected chi connectivity index (χ1v) is 8.37. The number of nitrogens with two attached hydrogens (primary N) is 1. The summed E-state index contributed by atoms with van der Waals surface area (Å²) < 4.78 is 21.0. The third-order valence-electron chi connectivity index (χ3n) is 4.80. The Hall–Kier alpha value is -2.78. The highest BCUT2D eigenvalue weighted by Crippen LogP contribution is 2.44. The van der Waals surface area contributed by atoms with E-state index in [4.69, 9.17) is 21.9 Å². The van der Waals surface area contributed by atoms with Gasteiger partial charge in [0.1, 0.15) is 12.1 Å². The molecule has 1 atom stereocenters. The Bertz CT molecular complexity index is 1060. The van der Waals surface area contributed by atoms with Crippen LogP contribution in [0.5, 0.6) is 0 Å². The van der Waals surface area contributed by atoms with Gasteiger partial charge in [-0.3, -0.25) is 9.36 Å². The van der Waals surface area contributed by atoms with Crippen LogP contribution >= 0.6 is 11.6 Å². The highest BCUT2D eigenvalue weighted by atomic mass is 35.5. The number of amides is 1. The Morgan fingerprint density at radius 2 is 2.27 bits per heavy atom. The standard InChI is InChI=1S/C16H12ClFN6O2/c17-12-7(18)1-2-8-11(12)16(25)23-4-3-9(23)14-13(20-6-24(8)14)15-21-10(5-19)22-26-15/h1-2,6,9H,3-5,19H2/t9-/m0/s1. The summed E-state index contributed by atoms with van der Waals surface area (Å²) >= 11 is 6.12. The molecule has 4 heterocycles. The van der Waals surface area contributed by atoms with Crippen molar-refractivity contribution in [1.29, 1.82) is 0 Å². The molecule has 10 heteroatoms. The molecule has 1 saturated heterocycles. The SMILES string of the molecule is NCc1noc(-c2ncn3c2[C@@H]2CCN2C(=O)c2c-3ccc(F)c2Cl)n1. The largest absolute Gasteiger partial charge is 0.332 e. The van der Waals surface area contributed by atoms with Gasteiger partial charge in [0.25, 0.3) is 11.8 Å². The molecule has 1 aromatic carbocycles. The van der Waals surface area contributed by atoms with E-state index in [-0.39, 0.29) is 35.0 Å². The van der Waals surface area contributed by atoms with Crippen molar-refractivity contribution in [3.8, 4) is 17.3 Å². The van der Waals surface area contributed by atoms with Gasteiger partial charge in [-0.05, 0) is 18.6 Å². The molecule has 0 radical (unpaired) electrons. The zero-order valence-electron chi connectivity index (χ0n) is 13.3. The van der Waals surface area contributed by atoms with Gasteiger partial charge in [-0.1, -0.05) is 16.8 Å². The van der Waals surface area contributed by atoms with E-state index in [9.17, 15) is 9.18 Å². The maximum absolute atomic E-state index is 14.0. The molecule has 2 aliphatic heterocycles. The normalized spacial score (nSPS) is 18.0. The number of imidazole rings is 1. The van der Waals surface area contributed by atoms with Gasteiger partial charge in [0.05, 0.1) is 34.6 Å². The number of fused-ring (bicyclic) bond motifs is 5. The van der Waals surface area contributed by atoms with Crippen LogP contribution < -0.4 is 5.73 Å². The highest BCUT2D eigenvalue weighted by Gasteiger charge is 2.43. The maximum atomic E-state index is 14.0. The first kappa shape index (κ1) is 15.5. The molecule has 3 aromatic rings. The summed E-state index contributed by atoms with van der Waals surface area (Å²) in [6.07, 6.45) is 2.30. The van der Waals surface area contributed by atoms with Crippen molar-refractivity contribution in [3.05, 3.63) is 46.4 Å². The van der Waals surface area contributed by atoms with Crippen LogP contribution in [0.25, 0.3) is 17.3 Å². The molecule has 2 aliphatic rings. The minimum Gasteiger partial charge on any atom is -0.332 e. The number of hydrogen-bond acceptors (Lipinski definition) is 6. The Morgan fingerprint density at radius 3 is 2.96 bits per heavy atom. The quantitative estimate of drug-likeness (QED) is 0.736.